The van der Waals surface area contributed by atoms with Crippen molar-refractivity contribution in [3.8, 4) is 0 Å². The van der Waals surface area contributed by atoms with Gasteiger partial charge in [-0.1, -0.05) is 74.6 Å². The molecule has 2 fully saturated rings. The maximum absolute atomic E-state index is 13.0. The van der Waals surface area contributed by atoms with Crippen molar-refractivity contribution in [1.82, 2.24) is 19.8 Å². The minimum absolute atomic E-state index is 0.0697. The summed E-state index contributed by atoms with van der Waals surface area (Å²) in [7, 11) is 0. The lowest BCUT2D eigenvalue weighted by molar-refractivity contribution is -0.141. The average Bonchev–Trinajstić information content (AvgIpc) is 3.57. The molecular weight excluding hydrogens is 799 g/mol. The van der Waals surface area contributed by atoms with Crippen molar-refractivity contribution in [2.75, 3.05) is 26.3 Å². The highest BCUT2D eigenvalue weighted by Crippen LogP contribution is 2.30. The van der Waals surface area contributed by atoms with E-state index in [9.17, 15) is 39.3 Å². The topological polar surface area (TPSA) is 189 Å². The summed E-state index contributed by atoms with van der Waals surface area (Å²) in [6.45, 7) is 5.04. The maximum atomic E-state index is 13.0. The summed E-state index contributed by atoms with van der Waals surface area (Å²) < 4.78 is 7.91. The van der Waals surface area contributed by atoms with Crippen molar-refractivity contribution in [1.29, 1.82) is 0 Å². The fraction of sp³-hybridized carbons (Fsp3) is 0.523. The molecule has 0 aliphatic heterocycles. The molecule has 2 aromatic heterocycles. The number of pyridine rings is 2. The van der Waals surface area contributed by atoms with Gasteiger partial charge in [0.1, 0.15) is 6.61 Å². The number of amides is 2. The highest BCUT2D eigenvalue weighted by Gasteiger charge is 2.31. The highest BCUT2D eigenvalue weighted by molar-refractivity contribution is 6.36. The summed E-state index contributed by atoms with van der Waals surface area (Å²) in [5.41, 5.74) is -1.95. The molecular formula is C44H56Cl2N4O9. The van der Waals surface area contributed by atoms with E-state index in [1.54, 1.807) is 50.5 Å². The van der Waals surface area contributed by atoms with Gasteiger partial charge in [-0.15, -0.1) is 0 Å². The van der Waals surface area contributed by atoms with Crippen molar-refractivity contribution in [3.05, 3.63) is 90.7 Å². The largest absolute Gasteiger partial charge is 0.464 e. The number of esters is 1. The quantitative estimate of drug-likeness (QED) is 0.0816. The van der Waals surface area contributed by atoms with Gasteiger partial charge in [0.05, 0.1) is 51.1 Å². The number of aromatic nitrogens is 2. The van der Waals surface area contributed by atoms with Gasteiger partial charge in [-0.3, -0.25) is 24.0 Å². The van der Waals surface area contributed by atoms with Crippen molar-refractivity contribution in [2.45, 2.75) is 121 Å². The van der Waals surface area contributed by atoms with E-state index in [-0.39, 0.29) is 70.7 Å². The molecule has 6 rings (SSSR count). The monoisotopic (exact) mass is 854 g/mol. The number of rotatable bonds is 11. The lowest BCUT2D eigenvalue weighted by Gasteiger charge is -2.27. The van der Waals surface area contributed by atoms with Crippen LogP contribution in [0.4, 0.5) is 0 Å². The zero-order valence-corrected chi connectivity index (χ0v) is 35.5. The van der Waals surface area contributed by atoms with E-state index in [1.165, 1.54) is 28.2 Å². The van der Waals surface area contributed by atoms with Gasteiger partial charge in [-0.25, -0.2) is 0 Å². The Kier molecular flexibility index (Phi) is 15.8. The fourth-order valence-electron chi connectivity index (χ4n) is 7.98. The molecule has 0 radical (unpaired) electrons. The number of fused-ring (bicyclic) bond motifs is 2. The fourth-order valence-corrected chi connectivity index (χ4v) is 8.48. The zero-order chi connectivity index (χ0) is 42.9. The van der Waals surface area contributed by atoms with Crippen LogP contribution in [-0.2, 0) is 9.53 Å². The third-order valence-electron chi connectivity index (χ3n) is 11.5. The van der Waals surface area contributed by atoms with Gasteiger partial charge < -0.3 is 39.8 Å². The zero-order valence-electron chi connectivity index (χ0n) is 34.0. The standard InChI is InChI=1S/C23H29ClN2O5.C21H27ClN2O4/c1-15(13-31-16(2)27)26-12-9-17-18(22(26)29)7-8-19(24)20(17)21(28)25-14-23(30)10-5-3-4-6-11-23;1-14(12-25)24-11-8-15-16(20(24)27)6-7-17(22)18(15)19(26)23-13-21(28)9-4-2-3-5-10-21/h7-9,12,15,30H,3-6,10-11,13-14H2,1-2H3,(H,25,28);6-8,11,14,25,28H,2-5,9-10,12-13H2,1H3,(H,23,26)/t15-;14-/m11/s1. The first-order valence-corrected chi connectivity index (χ1v) is 21.3. The Hall–Kier alpha value is -4.27. The summed E-state index contributed by atoms with van der Waals surface area (Å²) in [6.07, 6.45) is 13.9. The molecule has 13 nitrogen and oxygen atoms in total. The number of carbonyl (C=O) groups excluding carboxylic acids is 3. The number of aliphatic hydroxyl groups is 3. The van der Waals surface area contributed by atoms with Crippen LogP contribution in [0.5, 0.6) is 0 Å². The Morgan fingerprint density at radius 2 is 1.05 bits per heavy atom. The first kappa shape index (κ1) is 45.8. The van der Waals surface area contributed by atoms with Crippen molar-refractivity contribution >= 4 is 62.5 Å². The first-order valence-electron chi connectivity index (χ1n) is 20.5. The van der Waals surface area contributed by atoms with Crippen LogP contribution in [0.15, 0.2) is 58.4 Å². The van der Waals surface area contributed by atoms with Crippen LogP contribution in [-0.4, -0.2) is 79.7 Å². The van der Waals surface area contributed by atoms with Crippen LogP contribution in [0.1, 0.15) is 131 Å². The third kappa shape index (κ3) is 11.3. The third-order valence-corrected chi connectivity index (χ3v) is 12.2. The predicted octanol–water partition coefficient (Wildman–Crippen LogP) is 6.62. The summed E-state index contributed by atoms with van der Waals surface area (Å²) in [6, 6.07) is 8.86. The van der Waals surface area contributed by atoms with E-state index < -0.39 is 29.0 Å². The number of nitrogens with one attached hydrogen (secondary N) is 2. The Balaban J connectivity index is 0.000000225. The number of hydrogen-bond donors (Lipinski definition) is 5. The number of benzene rings is 2. The van der Waals surface area contributed by atoms with Crippen LogP contribution in [0.2, 0.25) is 10.0 Å². The highest BCUT2D eigenvalue weighted by atomic mass is 35.5. The Morgan fingerprint density at radius 3 is 1.42 bits per heavy atom. The Morgan fingerprint density at radius 1 is 0.661 bits per heavy atom. The van der Waals surface area contributed by atoms with Crippen LogP contribution in [0.25, 0.3) is 21.5 Å². The van der Waals surface area contributed by atoms with Crippen LogP contribution < -0.4 is 21.8 Å². The van der Waals surface area contributed by atoms with Crippen molar-refractivity contribution < 1.29 is 34.4 Å². The molecule has 2 aliphatic carbocycles. The molecule has 5 N–H and O–H groups in total. The molecule has 0 saturated heterocycles. The molecule has 0 unspecified atom stereocenters. The molecule has 2 saturated carbocycles. The second-order valence-electron chi connectivity index (χ2n) is 16.1. The van der Waals surface area contributed by atoms with E-state index in [0.717, 1.165) is 51.4 Å². The molecule has 4 aromatic rings. The van der Waals surface area contributed by atoms with Gasteiger partial charge in [0.15, 0.2) is 0 Å². The molecule has 2 aromatic carbocycles. The SMILES string of the molecule is CC(=O)OC[C@@H](C)n1ccc2c(C(=O)NCC3(O)CCCCCC3)c(Cl)ccc2c1=O.C[C@H](CO)n1ccc2c(C(=O)NCC3(O)CCCCCC3)c(Cl)ccc2c1=O. The number of aliphatic hydroxyl groups excluding tert-OH is 1. The molecule has 0 bridgehead atoms. The Bertz CT molecular complexity index is 2260. The molecule has 2 atom stereocenters. The minimum atomic E-state index is -0.915. The van der Waals surface area contributed by atoms with Gasteiger partial charge >= 0.3 is 5.97 Å². The van der Waals surface area contributed by atoms with Crippen LogP contribution in [0.3, 0.4) is 0 Å². The molecule has 2 heterocycles. The molecule has 0 spiro atoms. The number of ether oxygens (including phenoxy) is 1. The Labute approximate surface area is 353 Å². The lowest BCUT2D eigenvalue weighted by atomic mass is 9.94. The number of halogens is 2. The maximum Gasteiger partial charge on any atom is 0.302 e. The molecule has 320 valence electrons. The van der Waals surface area contributed by atoms with Crippen LogP contribution in [0, 0.1) is 0 Å². The molecule has 2 amide bonds. The van der Waals surface area contributed by atoms with E-state index in [1.807, 2.05) is 0 Å². The summed E-state index contributed by atoms with van der Waals surface area (Å²) in [5.74, 6) is -1.24. The minimum Gasteiger partial charge on any atom is -0.464 e. The van der Waals surface area contributed by atoms with E-state index in [0.29, 0.717) is 47.2 Å². The number of nitrogens with zero attached hydrogens (tertiary/aromatic N) is 2. The second-order valence-corrected chi connectivity index (χ2v) is 17.0. The second kappa shape index (κ2) is 20.3. The molecule has 15 heteroatoms. The number of carbonyl (C=O) groups is 3. The smallest absolute Gasteiger partial charge is 0.302 e. The van der Waals surface area contributed by atoms with Gasteiger partial charge in [0.2, 0.25) is 0 Å². The van der Waals surface area contributed by atoms with Crippen molar-refractivity contribution in [3.63, 3.8) is 0 Å². The van der Waals surface area contributed by atoms with Crippen molar-refractivity contribution in [2.24, 2.45) is 0 Å². The lowest BCUT2D eigenvalue weighted by Crippen LogP contribution is -2.42. The summed E-state index contributed by atoms with van der Waals surface area (Å²) in [4.78, 5) is 62.7. The predicted molar refractivity (Wildman–Crippen MR) is 230 cm³/mol. The average molecular weight is 856 g/mol. The van der Waals surface area contributed by atoms with Crippen LogP contribution >= 0.6 is 23.2 Å². The molecule has 59 heavy (non-hydrogen) atoms. The van der Waals surface area contributed by atoms with Gasteiger partial charge in [-0.2, -0.15) is 0 Å². The summed E-state index contributed by atoms with van der Waals surface area (Å²) in [5, 5.41) is 38.7. The van der Waals surface area contributed by atoms with E-state index >= 15 is 0 Å². The first-order chi connectivity index (χ1) is 28.1. The normalized spacial score (nSPS) is 17.4. The summed E-state index contributed by atoms with van der Waals surface area (Å²) >= 11 is 12.6. The van der Waals surface area contributed by atoms with Gasteiger partial charge in [0.25, 0.3) is 22.9 Å². The molecule has 2 aliphatic rings. The van der Waals surface area contributed by atoms with Gasteiger partial charge in [0, 0.05) is 54.0 Å². The van der Waals surface area contributed by atoms with E-state index in [2.05, 4.69) is 10.6 Å². The van der Waals surface area contributed by atoms with Gasteiger partial charge in [-0.05, 0) is 75.9 Å². The number of hydrogen-bond acceptors (Lipinski definition) is 9. The van der Waals surface area contributed by atoms with E-state index in [4.69, 9.17) is 27.9 Å².